The van der Waals surface area contributed by atoms with E-state index in [1.54, 1.807) is 13.3 Å². The summed E-state index contributed by atoms with van der Waals surface area (Å²) in [6, 6.07) is 9.74. The molecular weight excluding hydrogens is 226 g/mol. The Balaban J connectivity index is 2.17. The fourth-order valence-corrected chi connectivity index (χ4v) is 1.99. The maximum absolute atomic E-state index is 5.30. The molecule has 0 aliphatic heterocycles. The molecule has 0 atom stereocenters. The number of aromatic nitrogens is 3. The number of nitrogens with one attached hydrogen (secondary N) is 1. The van der Waals surface area contributed by atoms with Crippen LogP contribution in [0.1, 0.15) is 5.56 Å². The number of imidazole rings is 1. The van der Waals surface area contributed by atoms with Gasteiger partial charge >= 0.3 is 0 Å². The van der Waals surface area contributed by atoms with Crippen molar-refractivity contribution in [2.24, 2.45) is 0 Å². The van der Waals surface area contributed by atoms with E-state index in [1.807, 2.05) is 37.3 Å². The number of aryl methyl sites for hydroxylation is 1. The molecule has 0 saturated carbocycles. The number of nitrogens with zero attached hydrogens (tertiary/aromatic N) is 2. The van der Waals surface area contributed by atoms with E-state index < -0.39 is 0 Å². The number of hydrogen-bond acceptors (Lipinski definition) is 3. The average molecular weight is 239 g/mol. The summed E-state index contributed by atoms with van der Waals surface area (Å²) in [6.07, 6.45) is 1.76. The minimum Gasteiger partial charge on any atom is -0.496 e. The van der Waals surface area contributed by atoms with Crippen LogP contribution < -0.4 is 4.74 Å². The van der Waals surface area contributed by atoms with E-state index in [9.17, 15) is 0 Å². The fraction of sp³-hybridized carbons (Fsp3) is 0.143. The SMILES string of the molecule is COc1cc2nc(-c3ccccn3)[nH]c2cc1C. The first kappa shape index (κ1) is 10.8. The van der Waals surface area contributed by atoms with E-state index in [0.29, 0.717) is 0 Å². The third-order valence-electron chi connectivity index (χ3n) is 2.91. The van der Waals surface area contributed by atoms with Crippen molar-refractivity contribution >= 4 is 11.0 Å². The van der Waals surface area contributed by atoms with E-state index in [1.165, 1.54) is 0 Å². The Hall–Kier alpha value is -2.36. The summed E-state index contributed by atoms with van der Waals surface area (Å²) in [7, 11) is 1.67. The van der Waals surface area contributed by atoms with Crippen molar-refractivity contribution in [3.05, 3.63) is 42.1 Å². The van der Waals surface area contributed by atoms with Crippen molar-refractivity contribution in [3.63, 3.8) is 0 Å². The minimum atomic E-state index is 0.776. The van der Waals surface area contributed by atoms with Gasteiger partial charge in [-0.1, -0.05) is 6.07 Å². The Morgan fingerprint density at radius 3 is 2.83 bits per heavy atom. The molecule has 0 fully saturated rings. The van der Waals surface area contributed by atoms with Gasteiger partial charge in [-0.2, -0.15) is 0 Å². The maximum atomic E-state index is 5.30. The molecule has 1 N–H and O–H groups in total. The highest BCUT2D eigenvalue weighted by Gasteiger charge is 2.08. The van der Waals surface area contributed by atoms with Crippen molar-refractivity contribution in [2.45, 2.75) is 6.92 Å². The van der Waals surface area contributed by atoms with Crippen LogP contribution in [0.5, 0.6) is 5.75 Å². The summed E-state index contributed by atoms with van der Waals surface area (Å²) in [5, 5.41) is 0. The van der Waals surface area contributed by atoms with E-state index in [2.05, 4.69) is 15.0 Å². The van der Waals surface area contributed by atoms with Gasteiger partial charge < -0.3 is 9.72 Å². The largest absolute Gasteiger partial charge is 0.496 e. The molecule has 0 unspecified atom stereocenters. The van der Waals surface area contributed by atoms with Gasteiger partial charge in [-0.3, -0.25) is 4.98 Å². The second-order valence-corrected chi connectivity index (χ2v) is 4.14. The highest BCUT2D eigenvalue weighted by Crippen LogP contribution is 2.25. The van der Waals surface area contributed by atoms with Crippen molar-refractivity contribution in [1.82, 2.24) is 15.0 Å². The van der Waals surface area contributed by atoms with E-state index in [4.69, 9.17) is 4.74 Å². The van der Waals surface area contributed by atoms with E-state index in [-0.39, 0.29) is 0 Å². The summed E-state index contributed by atoms with van der Waals surface area (Å²) >= 11 is 0. The minimum absolute atomic E-state index is 0.776. The molecular formula is C14H13N3O. The van der Waals surface area contributed by atoms with Crippen LogP contribution in [-0.4, -0.2) is 22.1 Å². The molecule has 0 saturated heterocycles. The first-order valence-electron chi connectivity index (χ1n) is 5.73. The van der Waals surface area contributed by atoms with Crippen LogP contribution >= 0.6 is 0 Å². The summed E-state index contributed by atoms with van der Waals surface area (Å²) in [5.41, 5.74) is 3.80. The Morgan fingerprint density at radius 1 is 1.22 bits per heavy atom. The smallest absolute Gasteiger partial charge is 0.157 e. The van der Waals surface area contributed by atoms with Crippen molar-refractivity contribution in [1.29, 1.82) is 0 Å². The van der Waals surface area contributed by atoms with Gasteiger partial charge in [-0.15, -0.1) is 0 Å². The lowest BCUT2D eigenvalue weighted by molar-refractivity contribution is 0.412. The lowest BCUT2D eigenvalue weighted by Crippen LogP contribution is -1.86. The Bertz CT molecular complexity index is 689. The van der Waals surface area contributed by atoms with E-state index >= 15 is 0 Å². The molecule has 2 aromatic heterocycles. The number of pyridine rings is 1. The second kappa shape index (κ2) is 4.14. The second-order valence-electron chi connectivity index (χ2n) is 4.14. The number of methoxy groups -OCH3 is 1. The van der Waals surface area contributed by atoms with Crippen LogP contribution in [0.4, 0.5) is 0 Å². The van der Waals surface area contributed by atoms with Gasteiger partial charge in [0, 0.05) is 12.3 Å². The van der Waals surface area contributed by atoms with Gasteiger partial charge in [-0.25, -0.2) is 4.98 Å². The highest BCUT2D eigenvalue weighted by atomic mass is 16.5. The zero-order chi connectivity index (χ0) is 12.5. The van der Waals surface area contributed by atoms with Crippen LogP contribution in [0, 0.1) is 6.92 Å². The quantitative estimate of drug-likeness (QED) is 0.748. The topological polar surface area (TPSA) is 50.8 Å². The normalized spacial score (nSPS) is 10.8. The molecule has 0 spiro atoms. The molecule has 0 bridgehead atoms. The molecule has 0 amide bonds. The summed E-state index contributed by atoms with van der Waals surface area (Å²) in [4.78, 5) is 12.1. The van der Waals surface area contributed by atoms with Crippen LogP contribution in [0.2, 0.25) is 0 Å². The number of benzene rings is 1. The summed E-state index contributed by atoms with van der Waals surface area (Å²) < 4.78 is 5.30. The van der Waals surface area contributed by atoms with Gasteiger partial charge in [0.15, 0.2) is 5.82 Å². The molecule has 4 heteroatoms. The number of H-pyrrole nitrogens is 1. The number of ether oxygens (including phenoxy) is 1. The predicted octanol–water partition coefficient (Wildman–Crippen LogP) is 2.94. The van der Waals surface area contributed by atoms with Gasteiger partial charge in [0.1, 0.15) is 11.4 Å². The maximum Gasteiger partial charge on any atom is 0.157 e. The summed E-state index contributed by atoms with van der Waals surface area (Å²) in [5.74, 6) is 1.62. The van der Waals surface area contributed by atoms with Gasteiger partial charge in [-0.05, 0) is 30.7 Å². The first-order valence-corrected chi connectivity index (χ1v) is 5.73. The zero-order valence-electron chi connectivity index (χ0n) is 10.3. The van der Waals surface area contributed by atoms with Crippen LogP contribution in [0.15, 0.2) is 36.5 Å². The standard InChI is InChI=1S/C14H13N3O/c1-9-7-11-12(8-13(9)18-2)17-14(16-11)10-5-3-4-6-15-10/h3-8H,1-2H3,(H,16,17). The molecule has 3 aromatic rings. The number of aromatic amines is 1. The third kappa shape index (κ3) is 1.72. The summed E-state index contributed by atoms with van der Waals surface area (Å²) in [6.45, 7) is 2.01. The Kier molecular flexibility index (Phi) is 2.48. The molecule has 0 aliphatic rings. The molecule has 3 rings (SSSR count). The Morgan fingerprint density at radius 2 is 2.11 bits per heavy atom. The molecule has 0 radical (unpaired) electrons. The predicted molar refractivity (Wildman–Crippen MR) is 70.6 cm³/mol. The van der Waals surface area contributed by atoms with Gasteiger partial charge in [0.2, 0.25) is 0 Å². The van der Waals surface area contributed by atoms with Crippen LogP contribution in [0.25, 0.3) is 22.6 Å². The van der Waals surface area contributed by atoms with Crippen LogP contribution in [-0.2, 0) is 0 Å². The van der Waals surface area contributed by atoms with Gasteiger partial charge in [0.25, 0.3) is 0 Å². The van der Waals surface area contributed by atoms with Crippen molar-refractivity contribution < 1.29 is 4.74 Å². The molecule has 18 heavy (non-hydrogen) atoms. The van der Waals surface area contributed by atoms with E-state index in [0.717, 1.165) is 33.9 Å². The van der Waals surface area contributed by atoms with Gasteiger partial charge in [0.05, 0.1) is 18.1 Å². The van der Waals surface area contributed by atoms with Crippen LogP contribution in [0.3, 0.4) is 0 Å². The number of hydrogen-bond donors (Lipinski definition) is 1. The van der Waals surface area contributed by atoms with Crippen molar-refractivity contribution in [3.8, 4) is 17.3 Å². The fourth-order valence-electron chi connectivity index (χ4n) is 1.99. The molecule has 2 heterocycles. The van der Waals surface area contributed by atoms with Crippen molar-refractivity contribution in [2.75, 3.05) is 7.11 Å². The lowest BCUT2D eigenvalue weighted by Gasteiger charge is -2.02. The Labute approximate surface area is 105 Å². The monoisotopic (exact) mass is 239 g/mol. The molecule has 1 aromatic carbocycles. The molecule has 0 aliphatic carbocycles. The first-order chi connectivity index (χ1) is 8.78. The highest BCUT2D eigenvalue weighted by molar-refractivity contribution is 5.81. The molecule has 90 valence electrons. The number of fused-ring (bicyclic) bond motifs is 1. The molecule has 4 nitrogen and oxygen atoms in total. The number of rotatable bonds is 2. The third-order valence-corrected chi connectivity index (χ3v) is 2.91. The average Bonchev–Trinajstić information content (AvgIpc) is 2.81. The zero-order valence-corrected chi connectivity index (χ0v) is 10.3. The lowest BCUT2D eigenvalue weighted by atomic mass is 10.2.